The van der Waals surface area contributed by atoms with Crippen LogP contribution in [0.3, 0.4) is 0 Å². The number of phenolic OH excluding ortho intramolecular Hbond substituents is 1. The van der Waals surface area contributed by atoms with Gasteiger partial charge >= 0.3 is 6.16 Å². The number of para-hydroxylation sites is 1. The topological polar surface area (TPSA) is 55.8 Å². The number of hydrogen-bond donors (Lipinski definition) is 1. The molecule has 2 atom stereocenters. The van der Waals surface area contributed by atoms with Gasteiger partial charge in [-0.2, -0.15) is 0 Å². The van der Waals surface area contributed by atoms with Crippen molar-refractivity contribution in [3.63, 3.8) is 0 Å². The van der Waals surface area contributed by atoms with Gasteiger partial charge in [-0.1, -0.05) is 63.2 Å². The molecule has 1 aliphatic rings. The van der Waals surface area contributed by atoms with Crippen LogP contribution in [0, 0.1) is 11.3 Å². The lowest BCUT2D eigenvalue weighted by Crippen LogP contribution is -2.41. The maximum Gasteiger partial charge on any atom is 0.519 e. The fourth-order valence-corrected chi connectivity index (χ4v) is 5.50. The molecule has 0 aromatic heterocycles. The summed E-state index contributed by atoms with van der Waals surface area (Å²) in [5.41, 5.74) is 2.40. The minimum absolute atomic E-state index is 0.169. The highest BCUT2D eigenvalue weighted by molar-refractivity contribution is 5.67. The first-order valence-corrected chi connectivity index (χ1v) is 11.1. The van der Waals surface area contributed by atoms with E-state index in [9.17, 15) is 9.90 Å². The number of benzene rings is 3. The molecular weight excluding hydrogens is 400 g/mol. The van der Waals surface area contributed by atoms with Crippen LogP contribution in [0.15, 0.2) is 78.9 Å². The molecule has 0 amide bonds. The molecule has 0 spiro atoms. The zero-order valence-corrected chi connectivity index (χ0v) is 18.9. The summed E-state index contributed by atoms with van der Waals surface area (Å²) in [6.45, 7) is 6.97. The van der Waals surface area contributed by atoms with Crippen molar-refractivity contribution < 1.29 is 19.4 Å². The first-order chi connectivity index (χ1) is 15.3. The number of aromatic hydroxyl groups is 1. The quantitative estimate of drug-likeness (QED) is 0.354. The lowest BCUT2D eigenvalue weighted by atomic mass is 9.55. The molecule has 0 heterocycles. The van der Waals surface area contributed by atoms with Crippen molar-refractivity contribution in [3.8, 4) is 17.2 Å². The van der Waals surface area contributed by atoms with E-state index in [2.05, 4.69) is 20.8 Å². The Labute approximate surface area is 189 Å². The number of ether oxygens (including phenoxy) is 2. The molecule has 0 radical (unpaired) electrons. The Kier molecular flexibility index (Phi) is 5.96. The molecule has 3 aromatic carbocycles. The summed E-state index contributed by atoms with van der Waals surface area (Å²) in [7, 11) is 0. The number of phenols is 1. The van der Waals surface area contributed by atoms with Gasteiger partial charge in [0.05, 0.1) is 0 Å². The van der Waals surface area contributed by atoms with Crippen LogP contribution in [0.25, 0.3) is 0 Å². The van der Waals surface area contributed by atoms with Crippen LogP contribution in [0.4, 0.5) is 4.79 Å². The molecule has 2 unspecified atom stereocenters. The molecule has 1 saturated carbocycles. The number of carbonyl (C=O) groups is 1. The van der Waals surface area contributed by atoms with E-state index in [1.807, 2.05) is 42.5 Å². The summed E-state index contributed by atoms with van der Waals surface area (Å²) in [6, 6.07) is 24.2. The number of rotatable bonds is 4. The normalized spacial score (nSPS) is 22.2. The van der Waals surface area contributed by atoms with Crippen LogP contribution in [0.1, 0.15) is 51.2 Å². The molecule has 0 aliphatic heterocycles. The van der Waals surface area contributed by atoms with Crippen molar-refractivity contribution in [2.75, 3.05) is 0 Å². The molecule has 1 N–H and O–H groups in total. The fraction of sp³-hybridized carbons (Fsp3) is 0.321. The Bertz CT molecular complexity index is 1050. The average molecular weight is 431 g/mol. The Morgan fingerprint density at radius 3 is 1.91 bits per heavy atom. The molecule has 4 heteroatoms. The minimum atomic E-state index is -0.760. The molecule has 0 bridgehead atoms. The lowest BCUT2D eigenvalue weighted by Gasteiger charge is -2.48. The van der Waals surface area contributed by atoms with E-state index in [0.717, 1.165) is 12.8 Å². The molecule has 0 saturated heterocycles. The van der Waals surface area contributed by atoms with Crippen molar-refractivity contribution in [2.24, 2.45) is 11.3 Å². The van der Waals surface area contributed by atoms with Gasteiger partial charge in [-0.05, 0) is 78.1 Å². The summed E-state index contributed by atoms with van der Waals surface area (Å²) in [5, 5.41) is 9.83. The van der Waals surface area contributed by atoms with Crippen molar-refractivity contribution in [1.82, 2.24) is 0 Å². The van der Waals surface area contributed by atoms with E-state index in [4.69, 9.17) is 9.47 Å². The van der Waals surface area contributed by atoms with E-state index in [1.165, 1.54) is 17.5 Å². The molecule has 1 fully saturated rings. The van der Waals surface area contributed by atoms with Gasteiger partial charge in [0, 0.05) is 5.41 Å². The molecule has 4 nitrogen and oxygen atoms in total. The Hall–Kier alpha value is -3.27. The second kappa shape index (κ2) is 8.70. The molecule has 32 heavy (non-hydrogen) atoms. The third-order valence-electron chi connectivity index (χ3n) is 6.35. The molecule has 4 rings (SSSR count). The standard InChI is InChI=1S/C28H30O4/c1-20-17-27(2,3)19-28(18-20,21-9-13-23(29)14-10-21)22-11-15-25(16-12-22)32-26(30)31-24-7-5-4-6-8-24/h4-16,20,29H,17-19H2,1-3H3. The lowest BCUT2D eigenvalue weighted by molar-refractivity contribution is 0.127. The monoisotopic (exact) mass is 430 g/mol. The second-order valence-electron chi connectivity index (χ2n) is 9.77. The van der Waals surface area contributed by atoms with Crippen molar-refractivity contribution in [1.29, 1.82) is 0 Å². The highest BCUT2D eigenvalue weighted by Gasteiger charge is 2.45. The molecular formula is C28H30O4. The van der Waals surface area contributed by atoms with Crippen molar-refractivity contribution in [3.05, 3.63) is 90.0 Å². The minimum Gasteiger partial charge on any atom is -0.508 e. The largest absolute Gasteiger partial charge is 0.519 e. The summed E-state index contributed by atoms with van der Waals surface area (Å²) >= 11 is 0. The fourth-order valence-electron chi connectivity index (χ4n) is 5.50. The summed E-state index contributed by atoms with van der Waals surface area (Å²) in [6.07, 6.45) is 2.45. The first kappa shape index (κ1) is 21.9. The predicted molar refractivity (Wildman–Crippen MR) is 125 cm³/mol. The van der Waals surface area contributed by atoms with Crippen LogP contribution in [-0.4, -0.2) is 11.3 Å². The van der Waals surface area contributed by atoms with Gasteiger partial charge in [0.1, 0.15) is 17.2 Å². The maximum absolute atomic E-state index is 12.1. The number of hydrogen-bond acceptors (Lipinski definition) is 4. The molecule has 166 valence electrons. The van der Waals surface area contributed by atoms with Crippen molar-refractivity contribution >= 4 is 6.16 Å². The van der Waals surface area contributed by atoms with Crippen LogP contribution in [0.5, 0.6) is 17.2 Å². The second-order valence-corrected chi connectivity index (χ2v) is 9.77. The van der Waals surface area contributed by atoms with Gasteiger partial charge in [-0.25, -0.2) is 4.79 Å². The van der Waals surface area contributed by atoms with Crippen LogP contribution in [0.2, 0.25) is 0 Å². The van der Waals surface area contributed by atoms with Gasteiger partial charge in [0.2, 0.25) is 0 Å². The molecule has 1 aliphatic carbocycles. The molecule has 3 aromatic rings. The SMILES string of the molecule is CC1CC(C)(C)CC(c2ccc(O)cc2)(c2ccc(OC(=O)Oc3ccccc3)cc2)C1. The Morgan fingerprint density at radius 1 is 0.812 bits per heavy atom. The zero-order chi connectivity index (χ0) is 22.8. The third-order valence-corrected chi connectivity index (χ3v) is 6.35. The zero-order valence-electron chi connectivity index (χ0n) is 18.9. The van der Waals surface area contributed by atoms with Crippen LogP contribution >= 0.6 is 0 Å². The van der Waals surface area contributed by atoms with E-state index >= 15 is 0 Å². The van der Waals surface area contributed by atoms with E-state index in [-0.39, 0.29) is 16.6 Å². The van der Waals surface area contributed by atoms with Gasteiger partial charge in [0.15, 0.2) is 0 Å². The van der Waals surface area contributed by atoms with E-state index < -0.39 is 6.16 Å². The van der Waals surface area contributed by atoms with Gasteiger partial charge < -0.3 is 14.6 Å². The average Bonchev–Trinajstić information content (AvgIpc) is 2.74. The number of carbonyl (C=O) groups excluding carboxylic acids is 1. The maximum atomic E-state index is 12.1. The summed E-state index contributed by atoms with van der Waals surface area (Å²) in [4.78, 5) is 12.1. The Balaban J connectivity index is 1.61. The van der Waals surface area contributed by atoms with Gasteiger partial charge in [-0.15, -0.1) is 0 Å². The third kappa shape index (κ3) is 4.80. The van der Waals surface area contributed by atoms with Crippen LogP contribution in [-0.2, 0) is 5.41 Å². The predicted octanol–water partition coefficient (Wildman–Crippen LogP) is 7.10. The van der Waals surface area contributed by atoms with E-state index in [1.54, 1.807) is 36.4 Å². The summed E-state index contributed by atoms with van der Waals surface area (Å²) in [5.74, 6) is 1.72. The highest BCUT2D eigenvalue weighted by atomic mass is 16.7. The Morgan fingerprint density at radius 2 is 1.34 bits per heavy atom. The van der Waals surface area contributed by atoms with Gasteiger partial charge in [-0.3, -0.25) is 0 Å². The first-order valence-electron chi connectivity index (χ1n) is 11.1. The smallest absolute Gasteiger partial charge is 0.508 e. The summed E-state index contributed by atoms with van der Waals surface area (Å²) < 4.78 is 10.6. The van der Waals surface area contributed by atoms with E-state index in [0.29, 0.717) is 17.4 Å². The van der Waals surface area contributed by atoms with Crippen LogP contribution < -0.4 is 9.47 Å². The van der Waals surface area contributed by atoms with Crippen molar-refractivity contribution in [2.45, 2.75) is 45.4 Å². The van der Waals surface area contributed by atoms with Gasteiger partial charge in [0.25, 0.3) is 0 Å². The highest BCUT2D eigenvalue weighted by Crippen LogP contribution is 2.53.